The van der Waals surface area contributed by atoms with E-state index in [0.717, 1.165) is 56.9 Å². The van der Waals surface area contributed by atoms with Crippen LogP contribution in [0.1, 0.15) is 28.8 Å². The topological polar surface area (TPSA) is 95.0 Å². The molecule has 0 spiro atoms. The van der Waals surface area contributed by atoms with Crippen LogP contribution >= 0.6 is 0 Å². The van der Waals surface area contributed by atoms with E-state index in [0.29, 0.717) is 22.4 Å². The average molecular weight is 461 g/mol. The summed E-state index contributed by atoms with van der Waals surface area (Å²) in [5.41, 5.74) is 2.56. The predicted molar refractivity (Wildman–Crippen MR) is 131 cm³/mol. The minimum Gasteiger partial charge on any atom is -0.496 e. The molecule has 1 aliphatic heterocycles. The maximum Gasteiger partial charge on any atom is 0.336 e. The standard InChI is InChI=1S/C26H28N4O4/c1-34-23-5-3-2-4-18(23)16-29-10-12-30(13-11-29)24-15-21(26(32)33)20-14-19(8-9-22(20)28-24)27-25(31)17-6-7-17/h2-5,8-9,14-15,17H,6-7,10-13,16H2,1H3,(H,27,31)(H,32,33). The summed E-state index contributed by atoms with van der Waals surface area (Å²) < 4.78 is 5.47. The van der Waals surface area contributed by atoms with Crippen molar-refractivity contribution in [2.24, 2.45) is 5.92 Å². The van der Waals surface area contributed by atoms with Gasteiger partial charge in [0.15, 0.2) is 0 Å². The lowest BCUT2D eigenvalue weighted by molar-refractivity contribution is -0.117. The van der Waals surface area contributed by atoms with Gasteiger partial charge in [-0.2, -0.15) is 0 Å². The lowest BCUT2D eigenvalue weighted by Gasteiger charge is -2.35. The molecule has 0 atom stereocenters. The summed E-state index contributed by atoms with van der Waals surface area (Å²) in [5.74, 6) is 0.620. The second-order valence-electron chi connectivity index (χ2n) is 8.90. The number of pyridine rings is 1. The van der Waals surface area contributed by atoms with Crippen molar-refractivity contribution in [3.05, 3.63) is 59.7 Å². The Balaban J connectivity index is 1.32. The summed E-state index contributed by atoms with van der Waals surface area (Å²) in [6, 6.07) is 15.0. The zero-order chi connectivity index (χ0) is 23.7. The minimum absolute atomic E-state index is 0.00759. The Hall–Kier alpha value is -3.65. The highest BCUT2D eigenvalue weighted by Gasteiger charge is 2.29. The van der Waals surface area contributed by atoms with E-state index in [2.05, 4.69) is 21.2 Å². The van der Waals surface area contributed by atoms with E-state index < -0.39 is 5.97 Å². The van der Waals surface area contributed by atoms with E-state index in [-0.39, 0.29) is 17.4 Å². The molecule has 0 radical (unpaired) electrons. The van der Waals surface area contributed by atoms with Gasteiger partial charge in [0.1, 0.15) is 11.6 Å². The van der Waals surface area contributed by atoms with Crippen molar-refractivity contribution in [3.63, 3.8) is 0 Å². The second kappa shape index (κ2) is 9.30. The number of benzene rings is 2. The SMILES string of the molecule is COc1ccccc1CN1CCN(c2cc(C(=O)O)c3cc(NC(=O)C4CC4)ccc3n2)CC1. The molecule has 2 heterocycles. The first-order valence-corrected chi connectivity index (χ1v) is 11.6. The number of rotatable bonds is 7. The lowest BCUT2D eigenvalue weighted by atomic mass is 10.1. The number of ether oxygens (including phenoxy) is 1. The number of carbonyl (C=O) groups is 2. The average Bonchev–Trinajstić information content (AvgIpc) is 3.70. The van der Waals surface area contributed by atoms with Crippen LogP contribution in [0.4, 0.5) is 11.5 Å². The van der Waals surface area contributed by atoms with E-state index in [1.54, 1.807) is 31.4 Å². The summed E-state index contributed by atoms with van der Waals surface area (Å²) in [7, 11) is 1.69. The molecule has 34 heavy (non-hydrogen) atoms. The summed E-state index contributed by atoms with van der Waals surface area (Å²) >= 11 is 0. The minimum atomic E-state index is -1.01. The van der Waals surface area contributed by atoms with E-state index in [1.807, 2.05) is 18.2 Å². The second-order valence-corrected chi connectivity index (χ2v) is 8.90. The van der Waals surface area contributed by atoms with Crippen LogP contribution in [0.3, 0.4) is 0 Å². The van der Waals surface area contributed by atoms with Gasteiger partial charge in [-0.05, 0) is 43.2 Å². The highest BCUT2D eigenvalue weighted by molar-refractivity contribution is 6.05. The largest absolute Gasteiger partial charge is 0.496 e. The third kappa shape index (κ3) is 4.68. The number of piperazine rings is 1. The maximum atomic E-state index is 12.1. The molecule has 3 aromatic rings. The zero-order valence-corrected chi connectivity index (χ0v) is 19.2. The molecule has 176 valence electrons. The van der Waals surface area contributed by atoms with Gasteiger partial charge in [-0.15, -0.1) is 0 Å². The molecule has 2 fully saturated rings. The van der Waals surface area contributed by atoms with Crippen molar-refractivity contribution < 1.29 is 19.4 Å². The number of nitrogens with zero attached hydrogens (tertiary/aromatic N) is 3. The zero-order valence-electron chi connectivity index (χ0n) is 19.2. The fourth-order valence-electron chi connectivity index (χ4n) is 4.43. The smallest absolute Gasteiger partial charge is 0.336 e. The fourth-order valence-corrected chi connectivity index (χ4v) is 4.43. The molecule has 0 bridgehead atoms. The molecule has 8 heteroatoms. The number of methoxy groups -OCH3 is 1. The van der Waals surface area contributed by atoms with Gasteiger partial charge in [0.2, 0.25) is 5.91 Å². The van der Waals surface area contributed by atoms with Crippen molar-refractivity contribution >= 4 is 34.3 Å². The van der Waals surface area contributed by atoms with Crippen LogP contribution in [0.15, 0.2) is 48.5 Å². The number of anilines is 2. The van der Waals surface area contributed by atoms with Crippen molar-refractivity contribution in [2.45, 2.75) is 19.4 Å². The quantitative estimate of drug-likeness (QED) is 0.556. The first kappa shape index (κ1) is 22.2. The highest BCUT2D eigenvalue weighted by Crippen LogP contribution is 2.31. The molecule has 2 aliphatic rings. The Morgan fingerprint density at radius 1 is 1.09 bits per heavy atom. The number of carbonyl (C=O) groups excluding carboxylic acids is 1. The Bertz CT molecular complexity index is 1230. The fraction of sp³-hybridized carbons (Fsp3) is 0.346. The van der Waals surface area contributed by atoms with Crippen molar-refractivity contribution in [1.29, 1.82) is 0 Å². The number of fused-ring (bicyclic) bond motifs is 1. The monoisotopic (exact) mass is 460 g/mol. The molecular weight excluding hydrogens is 432 g/mol. The number of aromatic nitrogens is 1. The number of hydrogen-bond donors (Lipinski definition) is 2. The maximum absolute atomic E-state index is 12.1. The third-order valence-electron chi connectivity index (χ3n) is 6.52. The Morgan fingerprint density at radius 3 is 2.56 bits per heavy atom. The molecule has 1 saturated heterocycles. The third-order valence-corrected chi connectivity index (χ3v) is 6.52. The number of hydrogen-bond acceptors (Lipinski definition) is 6. The summed E-state index contributed by atoms with van der Waals surface area (Å²) in [6.07, 6.45) is 1.83. The molecule has 2 aromatic carbocycles. The number of amides is 1. The first-order valence-electron chi connectivity index (χ1n) is 11.6. The van der Waals surface area contributed by atoms with Gasteiger partial charge in [-0.25, -0.2) is 9.78 Å². The molecule has 8 nitrogen and oxygen atoms in total. The van der Waals surface area contributed by atoms with Crippen molar-refractivity contribution in [3.8, 4) is 5.75 Å². The van der Waals surface area contributed by atoms with Gasteiger partial charge < -0.3 is 20.1 Å². The Kier molecular flexibility index (Phi) is 6.06. The van der Waals surface area contributed by atoms with Crippen LogP contribution in [-0.2, 0) is 11.3 Å². The van der Waals surface area contributed by atoms with E-state index >= 15 is 0 Å². The van der Waals surface area contributed by atoms with Crippen LogP contribution < -0.4 is 15.0 Å². The van der Waals surface area contributed by atoms with E-state index in [4.69, 9.17) is 9.72 Å². The summed E-state index contributed by atoms with van der Waals surface area (Å²) in [6.45, 7) is 3.99. The van der Waals surface area contributed by atoms with Crippen LogP contribution in [0.25, 0.3) is 10.9 Å². The molecule has 0 unspecified atom stereocenters. The molecule has 5 rings (SSSR count). The van der Waals surface area contributed by atoms with Gasteiger partial charge in [0.05, 0.1) is 18.2 Å². The molecular formula is C26H28N4O4. The lowest BCUT2D eigenvalue weighted by Crippen LogP contribution is -2.46. The first-order chi connectivity index (χ1) is 16.5. The predicted octanol–water partition coefficient (Wildman–Crippen LogP) is 3.61. The van der Waals surface area contributed by atoms with E-state index in [9.17, 15) is 14.7 Å². The molecule has 1 aromatic heterocycles. The van der Waals surface area contributed by atoms with Crippen molar-refractivity contribution in [2.75, 3.05) is 43.5 Å². The number of nitrogens with one attached hydrogen (secondary N) is 1. The van der Waals surface area contributed by atoms with Crippen LogP contribution in [0, 0.1) is 5.92 Å². The van der Waals surface area contributed by atoms with Crippen LogP contribution in [0.5, 0.6) is 5.75 Å². The van der Waals surface area contributed by atoms with Gasteiger partial charge in [0.25, 0.3) is 0 Å². The van der Waals surface area contributed by atoms with Gasteiger partial charge in [0, 0.05) is 55.3 Å². The Labute approximate surface area is 198 Å². The normalized spacial score (nSPS) is 16.4. The van der Waals surface area contributed by atoms with Crippen LogP contribution in [0.2, 0.25) is 0 Å². The number of para-hydroxylation sites is 1. The summed E-state index contributed by atoms with van der Waals surface area (Å²) in [4.78, 5) is 33.4. The van der Waals surface area contributed by atoms with E-state index in [1.165, 1.54) is 0 Å². The Morgan fingerprint density at radius 2 is 1.85 bits per heavy atom. The number of carboxylic acid groups (broad SMARTS) is 1. The van der Waals surface area contributed by atoms with Gasteiger partial charge in [-0.1, -0.05) is 18.2 Å². The number of aromatic carboxylic acids is 1. The van der Waals surface area contributed by atoms with Crippen molar-refractivity contribution in [1.82, 2.24) is 9.88 Å². The molecule has 1 saturated carbocycles. The molecule has 2 N–H and O–H groups in total. The van der Waals surface area contributed by atoms with Gasteiger partial charge >= 0.3 is 5.97 Å². The van der Waals surface area contributed by atoms with Gasteiger partial charge in [-0.3, -0.25) is 9.69 Å². The highest BCUT2D eigenvalue weighted by atomic mass is 16.5. The summed E-state index contributed by atoms with van der Waals surface area (Å²) in [5, 5.41) is 13.3. The molecule has 1 amide bonds. The number of carboxylic acids is 1. The molecule has 1 aliphatic carbocycles. The van der Waals surface area contributed by atoms with Crippen LogP contribution in [-0.4, -0.2) is 60.2 Å².